The first-order valence-electron chi connectivity index (χ1n) is 6.33. The summed E-state index contributed by atoms with van der Waals surface area (Å²) in [5.74, 6) is -0.130. The van der Waals surface area contributed by atoms with Gasteiger partial charge in [0.05, 0.1) is 12.1 Å². The highest BCUT2D eigenvalue weighted by Gasteiger charge is 2.25. The Labute approximate surface area is 112 Å². The average molecular weight is 268 g/mol. The predicted octanol–water partition coefficient (Wildman–Crippen LogP) is 2.68. The van der Waals surface area contributed by atoms with Crippen molar-refractivity contribution in [3.8, 4) is 0 Å². The molecule has 2 N–H and O–H groups in total. The fourth-order valence-electron chi connectivity index (χ4n) is 2.41. The third kappa shape index (κ3) is 3.03. The zero-order valence-corrected chi connectivity index (χ0v) is 11.2. The largest absolute Gasteiger partial charge is 0.391 e. The van der Waals surface area contributed by atoms with Crippen LogP contribution in [0.15, 0.2) is 18.2 Å². The molecular formula is C14H18ClNO2. The van der Waals surface area contributed by atoms with Crippen molar-refractivity contribution in [1.82, 2.24) is 5.32 Å². The highest BCUT2D eigenvalue weighted by Crippen LogP contribution is 2.20. The molecular weight excluding hydrogens is 250 g/mol. The van der Waals surface area contributed by atoms with E-state index in [0.29, 0.717) is 10.6 Å². The third-order valence-electron chi connectivity index (χ3n) is 3.48. The lowest BCUT2D eigenvalue weighted by Gasteiger charge is -2.28. The van der Waals surface area contributed by atoms with E-state index in [1.165, 1.54) is 0 Å². The monoisotopic (exact) mass is 267 g/mol. The molecule has 0 heterocycles. The van der Waals surface area contributed by atoms with Gasteiger partial charge in [0, 0.05) is 10.6 Å². The summed E-state index contributed by atoms with van der Waals surface area (Å²) in [7, 11) is 0. The van der Waals surface area contributed by atoms with Gasteiger partial charge in [-0.3, -0.25) is 4.79 Å². The van der Waals surface area contributed by atoms with Gasteiger partial charge < -0.3 is 10.4 Å². The Morgan fingerprint density at radius 2 is 2.11 bits per heavy atom. The number of rotatable bonds is 2. The van der Waals surface area contributed by atoms with E-state index < -0.39 is 6.10 Å². The van der Waals surface area contributed by atoms with Crippen LogP contribution in [0.3, 0.4) is 0 Å². The molecule has 0 radical (unpaired) electrons. The van der Waals surface area contributed by atoms with E-state index in [-0.39, 0.29) is 11.9 Å². The van der Waals surface area contributed by atoms with Crippen LogP contribution >= 0.6 is 11.6 Å². The molecule has 0 bridgehead atoms. The molecule has 98 valence electrons. The van der Waals surface area contributed by atoms with Gasteiger partial charge in [0.25, 0.3) is 5.91 Å². The van der Waals surface area contributed by atoms with E-state index >= 15 is 0 Å². The highest BCUT2D eigenvalue weighted by atomic mass is 35.5. The van der Waals surface area contributed by atoms with Gasteiger partial charge in [0.15, 0.2) is 0 Å². The predicted molar refractivity (Wildman–Crippen MR) is 71.9 cm³/mol. The van der Waals surface area contributed by atoms with Crippen molar-refractivity contribution in [1.29, 1.82) is 0 Å². The van der Waals surface area contributed by atoms with Gasteiger partial charge in [-0.1, -0.05) is 24.4 Å². The maximum absolute atomic E-state index is 12.1. The molecule has 1 fully saturated rings. The maximum atomic E-state index is 12.1. The van der Waals surface area contributed by atoms with Gasteiger partial charge >= 0.3 is 0 Å². The summed E-state index contributed by atoms with van der Waals surface area (Å²) in [6, 6.07) is 5.08. The van der Waals surface area contributed by atoms with Gasteiger partial charge in [-0.15, -0.1) is 0 Å². The Kier molecular flexibility index (Phi) is 4.25. The number of hydrogen-bond donors (Lipinski definition) is 2. The Balaban J connectivity index is 2.07. The molecule has 1 aromatic rings. The maximum Gasteiger partial charge on any atom is 0.251 e. The molecule has 2 unspecified atom stereocenters. The lowest BCUT2D eigenvalue weighted by atomic mass is 9.92. The van der Waals surface area contributed by atoms with Crippen LogP contribution in [0.25, 0.3) is 0 Å². The number of halogens is 1. The summed E-state index contributed by atoms with van der Waals surface area (Å²) < 4.78 is 0. The minimum absolute atomic E-state index is 0.124. The number of nitrogens with one attached hydrogen (secondary N) is 1. The zero-order chi connectivity index (χ0) is 13.1. The molecule has 1 aromatic carbocycles. The van der Waals surface area contributed by atoms with Gasteiger partial charge in [0.1, 0.15) is 0 Å². The van der Waals surface area contributed by atoms with E-state index in [9.17, 15) is 9.90 Å². The number of amides is 1. The van der Waals surface area contributed by atoms with Crippen LogP contribution < -0.4 is 5.32 Å². The van der Waals surface area contributed by atoms with Crippen molar-refractivity contribution >= 4 is 17.5 Å². The SMILES string of the molecule is Cc1cc(Cl)ccc1C(=O)NC1CCCCC1O. The number of aryl methyl sites for hydroxylation is 1. The van der Waals surface area contributed by atoms with Crippen LogP contribution in [0.5, 0.6) is 0 Å². The van der Waals surface area contributed by atoms with Crippen molar-refractivity contribution in [3.63, 3.8) is 0 Å². The molecule has 3 nitrogen and oxygen atoms in total. The van der Waals surface area contributed by atoms with Crippen LogP contribution in [0.4, 0.5) is 0 Å². The molecule has 1 aliphatic rings. The zero-order valence-electron chi connectivity index (χ0n) is 10.4. The first-order valence-corrected chi connectivity index (χ1v) is 6.71. The van der Waals surface area contributed by atoms with Crippen LogP contribution in [0, 0.1) is 6.92 Å². The molecule has 2 rings (SSSR count). The number of aliphatic hydroxyl groups excluding tert-OH is 1. The average Bonchev–Trinajstić information content (AvgIpc) is 2.32. The fourth-order valence-corrected chi connectivity index (χ4v) is 2.63. The molecule has 4 heteroatoms. The second-order valence-electron chi connectivity index (χ2n) is 4.89. The number of carbonyl (C=O) groups is 1. The van der Waals surface area contributed by atoms with Gasteiger partial charge in [-0.05, 0) is 43.5 Å². The Hall–Kier alpha value is -1.06. The molecule has 2 atom stereocenters. The van der Waals surface area contributed by atoms with Crippen molar-refractivity contribution in [3.05, 3.63) is 34.3 Å². The molecule has 0 aliphatic heterocycles. The van der Waals surface area contributed by atoms with Crippen LogP contribution in [-0.2, 0) is 0 Å². The summed E-state index contributed by atoms with van der Waals surface area (Å²) in [6.45, 7) is 1.86. The molecule has 0 saturated heterocycles. The second kappa shape index (κ2) is 5.72. The molecule has 0 aromatic heterocycles. The number of carbonyl (C=O) groups excluding carboxylic acids is 1. The Morgan fingerprint density at radius 1 is 1.39 bits per heavy atom. The number of hydrogen-bond acceptors (Lipinski definition) is 2. The van der Waals surface area contributed by atoms with Crippen LogP contribution in [0.1, 0.15) is 41.6 Å². The highest BCUT2D eigenvalue weighted by molar-refractivity contribution is 6.30. The Bertz CT molecular complexity index is 447. The van der Waals surface area contributed by atoms with Gasteiger partial charge in [-0.2, -0.15) is 0 Å². The number of benzene rings is 1. The summed E-state index contributed by atoms with van der Waals surface area (Å²) in [5.41, 5.74) is 1.47. The second-order valence-corrected chi connectivity index (χ2v) is 5.33. The van der Waals surface area contributed by atoms with Crippen LogP contribution in [-0.4, -0.2) is 23.2 Å². The van der Waals surface area contributed by atoms with Gasteiger partial charge in [-0.25, -0.2) is 0 Å². The molecule has 0 spiro atoms. The van der Waals surface area contributed by atoms with Crippen molar-refractivity contribution in [2.75, 3.05) is 0 Å². The quantitative estimate of drug-likeness (QED) is 0.866. The lowest BCUT2D eigenvalue weighted by Crippen LogP contribution is -2.45. The topological polar surface area (TPSA) is 49.3 Å². The van der Waals surface area contributed by atoms with E-state index in [1.807, 2.05) is 6.92 Å². The van der Waals surface area contributed by atoms with Crippen molar-refractivity contribution in [2.45, 2.75) is 44.8 Å². The minimum atomic E-state index is -0.421. The summed E-state index contributed by atoms with van der Waals surface area (Å²) in [5, 5.41) is 13.4. The number of aliphatic hydroxyl groups is 1. The summed E-state index contributed by atoms with van der Waals surface area (Å²) >= 11 is 5.86. The first-order chi connectivity index (χ1) is 8.58. The lowest BCUT2D eigenvalue weighted by molar-refractivity contribution is 0.0717. The summed E-state index contributed by atoms with van der Waals surface area (Å²) in [6.07, 6.45) is 3.29. The standard InChI is InChI=1S/C14H18ClNO2/c1-9-8-10(15)6-7-11(9)14(18)16-12-4-2-3-5-13(12)17/h6-8,12-13,17H,2-5H2,1H3,(H,16,18). The molecule has 18 heavy (non-hydrogen) atoms. The van der Waals surface area contributed by atoms with Gasteiger partial charge in [0.2, 0.25) is 0 Å². The molecule has 1 aliphatic carbocycles. The summed E-state index contributed by atoms with van der Waals surface area (Å²) in [4.78, 5) is 12.1. The normalized spacial score (nSPS) is 23.7. The van der Waals surface area contributed by atoms with Crippen LogP contribution in [0.2, 0.25) is 5.02 Å². The fraction of sp³-hybridized carbons (Fsp3) is 0.500. The van der Waals surface area contributed by atoms with E-state index in [4.69, 9.17) is 11.6 Å². The van der Waals surface area contributed by atoms with Crippen molar-refractivity contribution in [2.24, 2.45) is 0 Å². The third-order valence-corrected chi connectivity index (χ3v) is 3.71. The molecule has 1 saturated carbocycles. The smallest absolute Gasteiger partial charge is 0.251 e. The van der Waals surface area contributed by atoms with E-state index in [2.05, 4.69) is 5.32 Å². The first kappa shape index (κ1) is 13.4. The minimum Gasteiger partial charge on any atom is -0.391 e. The van der Waals surface area contributed by atoms with E-state index in [0.717, 1.165) is 31.2 Å². The van der Waals surface area contributed by atoms with Crippen molar-refractivity contribution < 1.29 is 9.90 Å². The van der Waals surface area contributed by atoms with E-state index in [1.54, 1.807) is 18.2 Å². The molecule has 1 amide bonds. The Morgan fingerprint density at radius 3 is 2.78 bits per heavy atom.